The largest absolute Gasteiger partial charge is 0.356 e. The third-order valence-electron chi connectivity index (χ3n) is 5.27. The van der Waals surface area contributed by atoms with Crippen molar-refractivity contribution in [1.29, 1.82) is 0 Å². The molecular formula is C22H28N8OS. The number of amides is 1. The number of aromatic nitrogens is 4. The Hall–Kier alpha value is -3.11. The van der Waals surface area contributed by atoms with Crippen molar-refractivity contribution in [3.8, 4) is 0 Å². The molecule has 0 spiro atoms. The molecule has 0 radical (unpaired) electrons. The fourth-order valence-corrected chi connectivity index (χ4v) is 4.34. The Morgan fingerprint density at radius 3 is 2.53 bits per heavy atom. The average molecular weight is 453 g/mol. The number of anilines is 4. The second kappa shape index (κ2) is 9.58. The maximum Gasteiger partial charge on any atom is 0.221 e. The molecular weight excluding hydrogens is 424 g/mol. The van der Waals surface area contributed by atoms with Gasteiger partial charge in [0, 0.05) is 54.0 Å². The number of nitrogens with zero attached hydrogens (tertiary/aromatic N) is 4. The lowest BCUT2D eigenvalue weighted by Crippen LogP contribution is -2.40. The lowest BCUT2D eigenvalue weighted by atomic mass is 10.1. The third kappa shape index (κ3) is 5.38. The zero-order valence-corrected chi connectivity index (χ0v) is 19.3. The second-order valence-corrected chi connectivity index (χ2v) is 9.04. The minimum Gasteiger partial charge on any atom is -0.356 e. The van der Waals surface area contributed by atoms with Crippen LogP contribution < -0.4 is 21.3 Å². The van der Waals surface area contributed by atoms with Crippen molar-refractivity contribution in [2.45, 2.75) is 49.7 Å². The smallest absolute Gasteiger partial charge is 0.221 e. The van der Waals surface area contributed by atoms with Crippen LogP contribution in [-0.4, -0.2) is 45.2 Å². The van der Waals surface area contributed by atoms with Crippen LogP contribution in [0, 0.1) is 13.8 Å². The molecule has 10 heteroatoms. The molecule has 0 atom stereocenters. The van der Waals surface area contributed by atoms with Gasteiger partial charge in [-0.2, -0.15) is 5.10 Å². The van der Waals surface area contributed by atoms with Crippen LogP contribution in [0.15, 0.2) is 40.4 Å². The standard InChI is InChI=1S/C22H28N8OS/c1-13-12-19(29-28-13)25-20-14(2)21(30-10-8-16(23)9-11-30)27-22(26-20)32-18-6-4-17(5-7-18)24-15(3)31/h4-7,12,16H,8-11,23H2,1-3H3,(H,24,31)(H2,25,26,27,28,29). The number of hydrogen-bond acceptors (Lipinski definition) is 8. The monoisotopic (exact) mass is 452 g/mol. The van der Waals surface area contributed by atoms with E-state index in [0.29, 0.717) is 11.0 Å². The molecule has 3 heterocycles. The van der Waals surface area contributed by atoms with Crippen molar-refractivity contribution < 1.29 is 4.79 Å². The first kappa shape index (κ1) is 22.1. The number of H-pyrrole nitrogens is 1. The molecule has 168 valence electrons. The number of benzene rings is 1. The van der Waals surface area contributed by atoms with E-state index in [-0.39, 0.29) is 11.9 Å². The van der Waals surface area contributed by atoms with Crippen molar-refractivity contribution in [2.75, 3.05) is 28.6 Å². The number of carbonyl (C=O) groups excluding carboxylic acids is 1. The number of hydrogen-bond donors (Lipinski definition) is 4. The number of piperidine rings is 1. The molecule has 1 aromatic carbocycles. The summed E-state index contributed by atoms with van der Waals surface area (Å²) in [6.07, 6.45) is 1.88. The van der Waals surface area contributed by atoms with Crippen molar-refractivity contribution in [3.05, 3.63) is 41.6 Å². The quantitative estimate of drug-likeness (QED) is 0.418. The van der Waals surface area contributed by atoms with Crippen LogP contribution in [0.25, 0.3) is 0 Å². The summed E-state index contributed by atoms with van der Waals surface area (Å²) >= 11 is 1.48. The van der Waals surface area contributed by atoms with Gasteiger partial charge in [0.05, 0.1) is 0 Å². The molecule has 3 aromatic rings. The van der Waals surface area contributed by atoms with Crippen LogP contribution >= 0.6 is 11.8 Å². The van der Waals surface area contributed by atoms with Crippen molar-refractivity contribution >= 4 is 40.8 Å². The van der Waals surface area contributed by atoms with Gasteiger partial charge in [-0.15, -0.1) is 0 Å². The highest BCUT2D eigenvalue weighted by molar-refractivity contribution is 7.99. The molecule has 5 N–H and O–H groups in total. The first-order valence-electron chi connectivity index (χ1n) is 10.6. The predicted molar refractivity (Wildman–Crippen MR) is 128 cm³/mol. The van der Waals surface area contributed by atoms with E-state index < -0.39 is 0 Å². The zero-order chi connectivity index (χ0) is 22.7. The molecule has 4 rings (SSSR count). The first-order valence-corrected chi connectivity index (χ1v) is 11.4. The summed E-state index contributed by atoms with van der Waals surface area (Å²) in [7, 11) is 0. The predicted octanol–water partition coefficient (Wildman–Crippen LogP) is 3.60. The number of aromatic amines is 1. The Labute approximate surface area is 191 Å². The first-order chi connectivity index (χ1) is 15.4. The molecule has 32 heavy (non-hydrogen) atoms. The van der Waals surface area contributed by atoms with E-state index in [1.165, 1.54) is 18.7 Å². The van der Waals surface area contributed by atoms with E-state index in [1.54, 1.807) is 0 Å². The lowest BCUT2D eigenvalue weighted by molar-refractivity contribution is -0.114. The van der Waals surface area contributed by atoms with Crippen LogP contribution in [0.5, 0.6) is 0 Å². The molecule has 1 saturated heterocycles. The van der Waals surface area contributed by atoms with Crippen LogP contribution in [0.3, 0.4) is 0 Å². The highest BCUT2D eigenvalue weighted by atomic mass is 32.2. The van der Waals surface area contributed by atoms with Gasteiger partial charge < -0.3 is 21.3 Å². The van der Waals surface area contributed by atoms with E-state index in [0.717, 1.165) is 59.4 Å². The summed E-state index contributed by atoms with van der Waals surface area (Å²) in [5, 5.41) is 14.0. The highest BCUT2D eigenvalue weighted by Crippen LogP contribution is 2.33. The summed E-state index contributed by atoms with van der Waals surface area (Å²) in [5.74, 6) is 2.27. The van der Waals surface area contributed by atoms with Crippen molar-refractivity contribution in [1.82, 2.24) is 20.2 Å². The van der Waals surface area contributed by atoms with Gasteiger partial charge in [-0.1, -0.05) is 0 Å². The molecule has 0 bridgehead atoms. The summed E-state index contributed by atoms with van der Waals surface area (Å²) in [4.78, 5) is 24.2. The number of aryl methyl sites for hydroxylation is 1. The maximum absolute atomic E-state index is 11.3. The Morgan fingerprint density at radius 2 is 1.91 bits per heavy atom. The van der Waals surface area contributed by atoms with Gasteiger partial charge in [0.1, 0.15) is 11.6 Å². The molecule has 1 fully saturated rings. The number of carbonyl (C=O) groups is 1. The molecule has 1 aliphatic rings. The fraction of sp³-hybridized carbons (Fsp3) is 0.364. The Kier molecular flexibility index (Phi) is 6.61. The van der Waals surface area contributed by atoms with Gasteiger partial charge in [0.25, 0.3) is 0 Å². The van der Waals surface area contributed by atoms with Crippen LogP contribution in [-0.2, 0) is 4.79 Å². The fourth-order valence-electron chi connectivity index (χ4n) is 3.59. The summed E-state index contributed by atoms with van der Waals surface area (Å²) in [5.41, 5.74) is 8.81. The molecule has 2 aromatic heterocycles. The maximum atomic E-state index is 11.3. The van der Waals surface area contributed by atoms with Crippen molar-refractivity contribution in [3.63, 3.8) is 0 Å². The minimum atomic E-state index is -0.0949. The lowest BCUT2D eigenvalue weighted by Gasteiger charge is -2.32. The van der Waals surface area contributed by atoms with Gasteiger partial charge in [-0.25, -0.2) is 9.97 Å². The zero-order valence-electron chi connectivity index (χ0n) is 18.5. The van der Waals surface area contributed by atoms with Gasteiger partial charge >= 0.3 is 0 Å². The summed E-state index contributed by atoms with van der Waals surface area (Å²) in [6.45, 7) is 7.22. The number of nitrogens with two attached hydrogens (primary N) is 1. The number of nitrogens with one attached hydrogen (secondary N) is 3. The van der Waals surface area contributed by atoms with E-state index in [4.69, 9.17) is 15.7 Å². The van der Waals surface area contributed by atoms with Gasteiger partial charge in [-0.3, -0.25) is 9.89 Å². The highest BCUT2D eigenvalue weighted by Gasteiger charge is 2.22. The Morgan fingerprint density at radius 1 is 1.19 bits per heavy atom. The normalized spacial score (nSPS) is 14.4. The number of rotatable bonds is 6. The molecule has 1 aliphatic heterocycles. The van der Waals surface area contributed by atoms with Crippen LogP contribution in [0.4, 0.5) is 23.1 Å². The van der Waals surface area contributed by atoms with E-state index >= 15 is 0 Å². The summed E-state index contributed by atoms with van der Waals surface area (Å²) < 4.78 is 0. The minimum absolute atomic E-state index is 0.0949. The van der Waals surface area contributed by atoms with Crippen LogP contribution in [0.2, 0.25) is 0 Å². The summed E-state index contributed by atoms with van der Waals surface area (Å²) in [6, 6.07) is 9.82. The van der Waals surface area contributed by atoms with E-state index in [1.807, 2.05) is 44.2 Å². The van der Waals surface area contributed by atoms with Crippen LogP contribution in [0.1, 0.15) is 31.0 Å². The molecule has 0 unspecified atom stereocenters. The third-order valence-corrected chi connectivity index (χ3v) is 6.15. The topological polar surface area (TPSA) is 125 Å². The van der Waals surface area contributed by atoms with Gasteiger partial charge in [0.15, 0.2) is 11.0 Å². The Balaban J connectivity index is 1.63. The molecule has 9 nitrogen and oxygen atoms in total. The van der Waals surface area contributed by atoms with Gasteiger partial charge in [0.2, 0.25) is 5.91 Å². The van der Waals surface area contributed by atoms with Gasteiger partial charge in [-0.05, 0) is 62.7 Å². The molecule has 0 aliphatic carbocycles. The second-order valence-electron chi connectivity index (χ2n) is 8.00. The molecule has 1 amide bonds. The van der Waals surface area contributed by atoms with E-state index in [9.17, 15) is 4.79 Å². The van der Waals surface area contributed by atoms with Crippen molar-refractivity contribution in [2.24, 2.45) is 5.73 Å². The molecule has 0 saturated carbocycles. The average Bonchev–Trinajstić information content (AvgIpc) is 3.16. The van der Waals surface area contributed by atoms with E-state index in [2.05, 4.69) is 25.7 Å². The Bertz CT molecular complexity index is 1090. The SMILES string of the molecule is CC(=O)Nc1ccc(Sc2nc(Nc3cc(C)[nH]n3)c(C)c(N3CCC(N)CC3)n2)cc1.